The van der Waals surface area contributed by atoms with Crippen LogP contribution in [-0.4, -0.2) is 19.6 Å². The van der Waals surface area contributed by atoms with Gasteiger partial charge >= 0.3 is 32.8 Å². The third-order valence-electron chi connectivity index (χ3n) is 0.208. The van der Waals surface area contributed by atoms with Crippen molar-refractivity contribution in [3.63, 3.8) is 0 Å². The quantitative estimate of drug-likeness (QED) is 0.414. The van der Waals surface area contributed by atoms with Crippen molar-refractivity contribution in [2.24, 2.45) is 0 Å². The molecule has 0 unspecified atom stereocenters. The minimum atomic E-state index is -3.12. The van der Waals surface area contributed by atoms with Gasteiger partial charge in [-0.25, -0.2) is 0 Å². The van der Waals surface area contributed by atoms with Gasteiger partial charge in [0.1, 0.15) is 0 Å². The van der Waals surface area contributed by atoms with Crippen molar-refractivity contribution in [1.82, 2.24) is 0 Å². The van der Waals surface area contributed by atoms with E-state index in [2.05, 4.69) is 7.49 Å². The first-order valence-corrected chi connectivity index (χ1v) is 1.20. The number of rotatable bonds is 1. The average Bonchev–Trinajstić information content (AvgIpc) is 1.36. The normalized spacial score (nSPS) is 9.17. The number of hydrogen-bond donors (Lipinski definition) is 0. The minimum absolute atomic E-state index is 1.82. The van der Waals surface area contributed by atoms with Gasteiger partial charge in [0, 0.05) is 0 Å². The molecule has 0 N–H and O–H groups in total. The fourth-order valence-electron chi connectivity index (χ4n) is 0. The van der Waals surface area contributed by atoms with Crippen LogP contribution < -0.4 is 0 Å². The molecule has 0 rings (SSSR count). The molecular formula is C2HBF3. The monoisotopic (exact) mass is 93.0 g/mol. The molecule has 0 atom stereocenters. The standard InChI is InChI=1S/C2HBF3/c3-1(4)2(5)6/h2H. The Balaban J connectivity index is 3.26. The van der Waals surface area contributed by atoms with E-state index >= 15 is 0 Å². The van der Waals surface area contributed by atoms with Crippen molar-refractivity contribution in [1.29, 1.82) is 0 Å². The predicted molar refractivity (Wildman–Crippen MR) is 17.9 cm³/mol. The van der Waals surface area contributed by atoms with E-state index in [0.717, 1.165) is 0 Å². The van der Waals surface area contributed by atoms with Crippen LogP contribution in [0.1, 0.15) is 0 Å². The second-order valence-corrected chi connectivity index (χ2v) is 0.686. The van der Waals surface area contributed by atoms with Crippen molar-refractivity contribution < 1.29 is 13.2 Å². The first-order valence-electron chi connectivity index (χ1n) is 1.20. The molecule has 0 aromatic carbocycles. The third kappa shape index (κ3) is 1.99. The number of alkyl halides is 2. The van der Waals surface area contributed by atoms with E-state index in [1.807, 2.05) is 0 Å². The molecule has 0 heterocycles. The molecule has 0 nitrogen and oxygen atoms in total. The molecule has 0 saturated heterocycles. The van der Waals surface area contributed by atoms with Crippen molar-refractivity contribution in [3.8, 4) is 0 Å². The van der Waals surface area contributed by atoms with Gasteiger partial charge in [-0.3, -0.25) is 0 Å². The van der Waals surface area contributed by atoms with Crippen LogP contribution in [0.4, 0.5) is 13.2 Å². The molecule has 4 heteroatoms. The van der Waals surface area contributed by atoms with Crippen LogP contribution in [0.2, 0.25) is 0 Å². The zero-order valence-electron chi connectivity index (χ0n) is 2.79. The Kier molecular flexibility index (Phi) is 1.91. The Morgan fingerprint density at radius 1 is 1.50 bits per heavy atom. The maximum atomic E-state index is 10.8. The van der Waals surface area contributed by atoms with Crippen molar-refractivity contribution in [2.75, 3.05) is 0 Å². The summed E-state index contributed by atoms with van der Waals surface area (Å²) in [6.45, 7) is 0. The van der Waals surface area contributed by atoms with E-state index in [4.69, 9.17) is 0 Å². The first-order chi connectivity index (χ1) is 2.64. The SMILES string of the molecule is [B]=C(F)C(F)F. The topological polar surface area (TPSA) is 0 Å². The van der Waals surface area contributed by atoms with Crippen LogP contribution >= 0.6 is 0 Å². The molecule has 0 fully saturated rings. The fourth-order valence-corrected chi connectivity index (χ4v) is 0. The number of hydrogen-bond acceptors (Lipinski definition) is 0. The predicted octanol–water partition coefficient (Wildman–Crippen LogP) is 0.519. The van der Waals surface area contributed by atoms with E-state index in [1.165, 1.54) is 0 Å². The zero-order chi connectivity index (χ0) is 5.15. The molecule has 0 aliphatic rings. The Morgan fingerprint density at radius 2 is 1.67 bits per heavy atom. The van der Waals surface area contributed by atoms with E-state index in [0.29, 0.717) is 0 Å². The Hall–Kier alpha value is -0.275. The van der Waals surface area contributed by atoms with E-state index < -0.39 is 12.1 Å². The molecule has 0 aromatic heterocycles. The summed E-state index contributed by atoms with van der Waals surface area (Å²) in [4.78, 5) is 0. The van der Waals surface area contributed by atoms with Crippen LogP contribution in [0.25, 0.3) is 0 Å². The molecule has 0 spiro atoms. The average molecular weight is 92.8 g/mol. The first kappa shape index (κ1) is 5.72. The summed E-state index contributed by atoms with van der Waals surface area (Å²) in [7, 11) is 3.94. The van der Waals surface area contributed by atoms with Gasteiger partial charge in [-0.15, -0.1) is 0 Å². The summed E-state index contributed by atoms with van der Waals surface area (Å²) >= 11 is 0. The summed E-state index contributed by atoms with van der Waals surface area (Å²) in [5.74, 6) is 0. The second kappa shape index (κ2) is 2.00. The van der Waals surface area contributed by atoms with Gasteiger partial charge in [0.2, 0.25) is 0 Å². The molecule has 0 amide bonds. The van der Waals surface area contributed by atoms with Crippen LogP contribution in [0.15, 0.2) is 0 Å². The molecular weight excluding hydrogens is 91.8 g/mol. The van der Waals surface area contributed by atoms with Crippen molar-refractivity contribution in [3.05, 3.63) is 0 Å². The molecule has 0 aliphatic carbocycles. The van der Waals surface area contributed by atoms with E-state index in [-0.39, 0.29) is 0 Å². The fraction of sp³-hybridized carbons (Fsp3) is 0.500. The Morgan fingerprint density at radius 3 is 1.67 bits per heavy atom. The van der Waals surface area contributed by atoms with Gasteiger partial charge in [0.25, 0.3) is 0 Å². The van der Waals surface area contributed by atoms with Gasteiger partial charge in [-0.2, -0.15) is 0 Å². The Labute approximate surface area is 34.0 Å². The van der Waals surface area contributed by atoms with Crippen molar-refractivity contribution in [2.45, 2.75) is 6.43 Å². The maximum absolute atomic E-state index is 10.8. The van der Waals surface area contributed by atoms with Crippen LogP contribution in [0.3, 0.4) is 0 Å². The molecule has 6 heavy (non-hydrogen) atoms. The molecule has 0 bridgehead atoms. The van der Waals surface area contributed by atoms with Gasteiger partial charge in [-0.1, -0.05) is 0 Å². The summed E-state index contributed by atoms with van der Waals surface area (Å²) < 4.78 is 32.0. The summed E-state index contributed by atoms with van der Waals surface area (Å²) in [5.41, 5.74) is -1.82. The molecule has 0 aromatic rings. The van der Waals surface area contributed by atoms with Crippen LogP contribution in [-0.2, 0) is 0 Å². The van der Waals surface area contributed by atoms with E-state index in [9.17, 15) is 13.2 Å². The molecule has 0 saturated carbocycles. The summed E-state index contributed by atoms with van der Waals surface area (Å²) in [5, 5.41) is 0. The van der Waals surface area contributed by atoms with Gasteiger partial charge < -0.3 is 0 Å². The molecule has 33 valence electrons. The molecule has 0 aliphatic heterocycles. The third-order valence-corrected chi connectivity index (χ3v) is 0.208. The van der Waals surface area contributed by atoms with Gasteiger partial charge in [0.05, 0.1) is 0 Å². The summed E-state index contributed by atoms with van der Waals surface area (Å²) in [6, 6.07) is 0. The van der Waals surface area contributed by atoms with Crippen LogP contribution in [0, 0.1) is 0 Å². The van der Waals surface area contributed by atoms with Gasteiger partial charge in [-0.05, 0) is 0 Å². The zero-order valence-corrected chi connectivity index (χ0v) is 2.79. The number of halogens is 3. The van der Waals surface area contributed by atoms with Crippen molar-refractivity contribution >= 4 is 13.2 Å². The van der Waals surface area contributed by atoms with Gasteiger partial charge in [0.15, 0.2) is 0 Å². The molecule has 1 radical (unpaired) electrons. The van der Waals surface area contributed by atoms with E-state index in [1.54, 1.807) is 0 Å². The summed E-state index contributed by atoms with van der Waals surface area (Å²) in [6.07, 6.45) is -3.12. The van der Waals surface area contributed by atoms with Crippen LogP contribution in [0.5, 0.6) is 0 Å². The Bertz CT molecular complexity index is 59.8. The second-order valence-electron chi connectivity index (χ2n) is 0.686.